The van der Waals surface area contributed by atoms with Gasteiger partial charge in [0, 0.05) is 0 Å². The maximum Gasteiger partial charge on any atom is 0.120 e. The Labute approximate surface area is 148 Å². The van der Waals surface area contributed by atoms with E-state index >= 15 is 0 Å². The molecule has 3 nitrogen and oxygen atoms in total. The molecule has 3 aromatic carbocycles. The van der Waals surface area contributed by atoms with E-state index in [0.29, 0.717) is 6.61 Å². The second-order valence-corrected chi connectivity index (χ2v) is 5.97. The van der Waals surface area contributed by atoms with Gasteiger partial charge in [-0.25, -0.2) is 0 Å². The highest BCUT2D eigenvalue weighted by Gasteiger charge is 2.13. The molecule has 0 aliphatic heterocycles. The molecule has 0 saturated carbocycles. The van der Waals surface area contributed by atoms with Crippen molar-refractivity contribution in [1.82, 2.24) is 0 Å². The quantitative estimate of drug-likeness (QED) is 0.712. The summed E-state index contributed by atoms with van der Waals surface area (Å²) in [6, 6.07) is 23.3. The predicted molar refractivity (Wildman–Crippen MR) is 99.0 cm³/mol. The van der Waals surface area contributed by atoms with Crippen molar-refractivity contribution in [3.63, 3.8) is 0 Å². The van der Waals surface area contributed by atoms with Crippen molar-refractivity contribution in [3.05, 3.63) is 95.1 Å². The van der Waals surface area contributed by atoms with Crippen LogP contribution in [-0.4, -0.2) is 12.2 Å². The third-order valence-corrected chi connectivity index (χ3v) is 4.22. The summed E-state index contributed by atoms with van der Waals surface area (Å²) in [5, 5.41) is 10.6. The van der Waals surface area contributed by atoms with Crippen molar-refractivity contribution >= 4 is 0 Å². The van der Waals surface area contributed by atoms with Crippen LogP contribution in [0.2, 0.25) is 0 Å². The van der Waals surface area contributed by atoms with E-state index in [2.05, 4.69) is 0 Å². The Bertz CT molecular complexity index is 810. The predicted octanol–water partition coefficient (Wildman–Crippen LogP) is 4.66. The lowest BCUT2D eigenvalue weighted by atomic mass is 9.97. The van der Waals surface area contributed by atoms with Gasteiger partial charge in [0.15, 0.2) is 0 Å². The number of benzene rings is 3. The van der Waals surface area contributed by atoms with Crippen LogP contribution in [0.5, 0.6) is 11.5 Å². The van der Waals surface area contributed by atoms with Crippen molar-refractivity contribution in [3.8, 4) is 11.5 Å². The molecule has 3 aromatic rings. The SMILES string of the molecule is COc1ccc(COc2ccc(C(O)c3ccccc3)c(C)c2)cc1. The number of aryl methyl sites for hydroxylation is 1. The number of rotatable bonds is 6. The second-order valence-electron chi connectivity index (χ2n) is 5.97. The normalized spacial score (nSPS) is 11.8. The highest BCUT2D eigenvalue weighted by Crippen LogP contribution is 2.27. The highest BCUT2D eigenvalue weighted by atomic mass is 16.5. The summed E-state index contributed by atoms with van der Waals surface area (Å²) < 4.78 is 11.0. The van der Waals surface area contributed by atoms with Crippen LogP contribution in [0.4, 0.5) is 0 Å². The third kappa shape index (κ3) is 4.20. The van der Waals surface area contributed by atoms with Gasteiger partial charge < -0.3 is 14.6 Å². The first-order valence-corrected chi connectivity index (χ1v) is 8.26. The van der Waals surface area contributed by atoms with E-state index in [1.807, 2.05) is 79.7 Å². The summed E-state index contributed by atoms with van der Waals surface area (Å²) in [6.45, 7) is 2.48. The molecule has 0 saturated heterocycles. The third-order valence-electron chi connectivity index (χ3n) is 4.22. The molecule has 0 radical (unpaired) electrons. The number of aliphatic hydroxyl groups is 1. The van der Waals surface area contributed by atoms with Gasteiger partial charge in [0.05, 0.1) is 7.11 Å². The first kappa shape index (κ1) is 17.1. The van der Waals surface area contributed by atoms with Crippen LogP contribution in [0.25, 0.3) is 0 Å². The van der Waals surface area contributed by atoms with Crippen LogP contribution >= 0.6 is 0 Å². The van der Waals surface area contributed by atoms with Crippen LogP contribution in [-0.2, 0) is 6.61 Å². The first-order valence-electron chi connectivity index (χ1n) is 8.26. The lowest BCUT2D eigenvalue weighted by Gasteiger charge is -2.15. The molecule has 128 valence electrons. The van der Waals surface area contributed by atoms with E-state index in [0.717, 1.165) is 33.8 Å². The smallest absolute Gasteiger partial charge is 0.120 e. The minimum Gasteiger partial charge on any atom is -0.497 e. The van der Waals surface area contributed by atoms with Gasteiger partial charge in [-0.15, -0.1) is 0 Å². The molecule has 0 amide bonds. The van der Waals surface area contributed by atoms with E-state index in [1.54, 1.807) is 7.11 Å². The molecular weight excluding hydrogens is 312 g/mol. The van der Waals surface area contributed by atoms with E-state index in [1.165, 1.54) is 0 Å². The number of aliphatic hydroxyl groups excluding tert-OH is 1. The molecule has 0 aliphatic rings. The maximum absolute atomic E-state index is 10.6. The van der Waals surface area contributed by atoms with Gasteiger partial charge in [-0.05, 0) is 53.4 Å². The molecule has 0 aliphatic carbocycles. The Morgan fingerprint density at radius 3 is 2.20 bits per heavy atom. The fourth-order valence-electron chi connectivity index (χ4n) is 2.75. The summed E-state index contributed by atoms with van der Waals surface area (Å²) in [5.41, 5.74) is 3.86. The molecule has 0 bridgehead atoms. The molecule has 1 atom stereocenters. The monoisotopic (exact) mass is 334 g/mol. The standard InChI is InChI=1S/C22H22O3/c1-16-14-20(25-15-17-8-10-19(24-2)11-9-17)12-13-21(16)22(23)18-6-4-3-5-7-18/h3-14,22-23H,15H2,1-2H3. The summed E-state index contributed by atoms with van der Waals surface area (Å²) in [4.78, 5) is 0. The van der Waals surface area contributed by atoms with Gasteiger partial charge in [0.2, 0.25) is 0 Å². The fraction of sp³-hybridized carbons (Fsp3) is 0.182. The first-order chi connectivity index (χ1) is 12.2. The molecule has 3 rings (SSSR count). The van der Waals surface area contributed by atoms with E-state index < -0.39 is 6.10 Å². The summed E-state index contributed by atoms with van der Waals surface area (Å²) in [6.07, 6.45) is -0.628. The van der Waals surface area contributed by atoms with Crippen LogP contribution < -0.4 is 9.47 Å². The average Bonchev–Trinajstić information content (AvgIpc) is 2.67. The van der Waals surface area contributed by atoms with E-state index in [-0.39, 0.29) is 0 Å². The number of ether oxygens (including phenoxy) is 2. The van der Waals surface area contributed by atoms with Gasteiger partial charge in [0.25, 0.3) is 0 Å². The molecular formula is C22H22O3. The van der Waals surface area contributed by atoms with Crippen molar-refractivity contribution in [2.24, 2.45) is 0 Å². The summed E-state index contributed by atoms with van der Waals surface area (Å²) in [7, 11) is 1.65. The van der Waals surface area contributed by atoms with E-state index in [9.17, 15) is 5.11 Å². The Hall–Kier alpha value is -2.78. The topological polar surface area (TPSA) is 38.7 Å². The molecule has 3 heteroatoms. The minimum absolute atomic E-state index is 0.490. The zero-order valence-corrected chi connectivity index (χ0v) is 14.5. The lowest BCUT2D eigenvalue weighted by Crippen LogP contribution is -2.03. The Morgan fingerprint density at radius 1 is 0.880 bits per heavy atom. The Morgan fingerprint density at radius 2 is 1.56 bits per heavy atom. The van der Waals surface area contributed by atoms with Gasteiger partial charge in [-0.3, -0.25) is 0 Å². The molecule has 25 heavy (non-hydrogen) atoms. The fourth-order valence-corrected chi connectivity index (χ4v) is 2.75. The largest absolute Gasteiger partial charge is 0.497 e. The number of methoxy groups -OCH3 is 1. The average molecular weight is 334 g/mol. The summed E-state index contributed by atoms with van der Waals surface area (Å²) in [5.74, 6) is 1.62. The Kier molecular flexibility index (Phi) is 5.36. The lowest BCUT2D eigenvalue weighted by molar-refractivity contribution is 0.219. The van der Waals surface area contributed by atoms with Crippen LogP contribution in [0.3, 0.4) is 0 Å². The molecule has 0 aromatic heterocycles. The minimum atomic E-state index is -0.628. The summed E-state index contributed by atoms with van der Waals surface area (Å²) >= 11 is 0. The highest BCUT2D eigenvalue weighted by molar-refractivity contribution is 5.40. The zero-order chi connectivity index (χ0) is 17.6. The van der Waals surface area contributed by atoms with Crippen molar-refractivity contribution in [2.75, 3.05) is 7.11 Å². The Balaban J connectivity index is 1.69. The van der Waals surface area contributed by atoms with E-state index in [4.69, 9.17) is 9.47 Å². The molecule has 1 unspecified atom stereocenters. The maximum atomic E-state index is 10.6. The molecule has 0 heterocycles. The number of hydrogen-bond donors (Lipinski definition) is 1. The van der Waals surface area contributed by atoms with Gasteiger partial charge in [-0.1, -0.05) is 48.5 Å². The van der Waals surface area contributed by atoms with Crippen molar-refractivity contribution in [1.29, 1.82) is 0 Å². The van der Waals surface area contributed by atoms with Gasteiger partial charge >= 0.3 is 0 Å². The molecule has 0 spiro atoms. The number of hydrogen-bond acceptors (Lipinski definition) is 3. The zero-order valence-electron chi connectivity index (χ0n) is 14.5. The van der Waals surface area contributed by atoms with Crippen LogP contribution in [0, 0.1) is 6.92 Å². The second kappa shape index (κ2) is 7.86. The van der Waals surface area contributed by atoms with Crippen LogP contribution in [0.1, 0.15) is 28.4 Å². The van der Waals surface area contributed by atoms with Crippen molar-refractivity contribution < 1.29 is 14.6 Å². The van der Waals surface area contributed by atoms with Gasteiger partial charge in [-0.2, -0.15) is 0 Å². The molecule has 1 N–H and O–H groups in total. The molecule has 0 fully saturated rings. The van der Waals surface area contributed by atoms with Crippen molar-refractivity contribution in [2.45, 2.75) is 19.6 Å². The van der Waals surface area contributed by atoms with Gasteiger partial charge in [0.1, 0.15) is 24.2 Å². The van der Waals surface area contributed by atoms with Crippen LogP contribution in [0.15, 0.2) is 72.8 Å².